The molecule has 0 bridgehead atoms. The molecule has 1 heterocycles. The van der Waals surface area contributed by atoms with Gasteiger partial charge < -0.3 is 4.98 Å². The van der Waals surface area contributed by atoms with Crippen molar-refractivity contribution in [2.24, 2.45) is 0 Å². The maximum absolute atomic E-state index is 11.8. The van der Waals surface area contributed by atoms with Crippen molar-refractivity contribution in [2.45, 2.75) is 33.2 Å². The Morgan fingerprint density at radius 2 is 1.96 bits per heavy atom. The minimum Gasteiger partial charge on any atom is -0.312 e. The van der Waals surface area contributed by atoms with E-state index >= 15 is 0 Å². The van der Waals surface area contributed by atoms with E-state index in [2.05, 4.69) is 23.7 Å². The predicted molar refractivity (Wildman–Crippen MR) is 92.9 cm³/mol. The number of H-pyrrole nitrogens is 1. The van der Waals surface area contributed by atoms with Crippen LogP contribution in [0, 0.1) is 10.1 Å². The number of nitro groups is 1. The van der Waals surface area contributed by atoms with Crippen molar-refractivity contribution in [2.75, 3.05) is 13.1 Å². The number of hydrogen-bond acceptors (Lipinski definition) is 5. The number of non-ortho nitro benzene ring substituents is 1. The van der Waals surface area contributed by atoms with E-state index in [0.29, 0.717) is 6.54 Å². The van der Waals surface area contributed by atoms with Crippen LogP contribution in [0.25, 0.3) is 11.3 Å². The van der Waals surface area contributed by atoms with E-state index in [0.717, 1.165) is 42.1 Å². The molecule has 0 fully saturated rings. The molecule has 23 heavy (non-hydrogen) atoms. The van der Waals surface area contributed by atoms with E-state index < -0.39 is 4.92 Å². The quantitative estimate of drug-likeness (QED) is 0.590. The Labute approximate surface area is 138 Å². The van der Waals surface area contributed by atoms with Crippen LogP contribution in [-0.4, -0.2) is 27.9 Å². The highest BCUT2D eigenvalue weighted by Crippen LogP contribution is 2.26. The minimum absolute atomic E-state index is 0.0472. The lowest BCUT2D eigenvalue weighted by Gasteiger charge is -2.19. The van der Waals surface area contributed by atoms with Crippen molar-refractivity contribution in [3.05, 3.63) is 48.9 Å². The van der Waals surface area contributed by atoms with Crippen LogP contribution in [0.5, 0.6) is 0 Å². The van der Waals surface area contributed by atoms with Gasteiger partial charge in [0.05, 0.1) is 10.6 Å². The third-order valence-electron chi connectivity index (χ3n) is 3.73. The zero-order chi connectivity index (χ0) is 16.8. The van der Waals surface area contributed by atoms with Crippen molar-refractivity contribution < 1.29 is 4.92 Å². The first-order chi connectivity index (χ1) is 11.0. The normalized spacial score (nSPS) is 11.1. The van der Waals surface area contributed by atoms with Gasteiger partial charge in [-0.3, -0.25) is 19.8 Å². The number of unbranched alkanes of at least 4 members (excludes halogenated alkanes) is 1. The third kappa shape index (κ3) is 4.49. The maximum Gasteiger partial charge on any atom is 0.305 e. The molecule has 6 nitrogen and oxygen atoms in total. The van der Waals surface area contributed by atoms with Crippen LogP contribution in [0.3, 0.4) is 0 Å². The monoisotopic (exact) mass is 335 g/mol. The van der Waals surface area contributed by atoms with Gasteiger partial charge in [0.1, 0.15) is 0 Å². The molecule has 0 amide bonds. The first-order valence-electron chi connectivity index (χ1n) is 7.74. The Bertz CT molecular complexity index is 706. The molecule has 1 aromatic heterocycles. The van der Waals surface area contributed by atoms with Crippen LogP contribution in [0.1, 0.15) is 31.6 Å². The largest absolute Gasteiger partial charge is 0.312 e. The molecule has 2 aromatic rings. The lowest BCUT2D eigenvalue weighted by molar-refractivity contribution is -0.384. The Morgan fingerprint density at radius 3 is 2.52 bits per heavy atom. The van der Waals surface area contributed by atoms with Gasteiger partial charge in [0.25, 0.3) is 5.69 Å². The van der Waals surface area contributed by atoms with Crippen LogP contribution >= 0.6 is 11.3 Å². The number of nitrogens with zero attached hydrogens (tertiary/aromatic N) is 2. The van der Waals surface area contributed by atoms with Crippen molar-refractivity contribution >= 4 is 17.0 Å². The molecule has 0 aliphatic carbocycles. The minimum atomic E-state index is -0.426. The number of benzene rings is 1. The van der Waals surface area contributed by atoms with E-state index in [9.17, 15) is 14.9 Å². The molecule has 0 aliphatic rings. The number of thiazole rings is 1. The fourth-order valence-electron chi connectivity index (χ4n) is 2.39. The fraction of sp³-hybridized carbons (Fsp3) is 0.438. The number of nitro benzene ring substituents is 1. The number of rotatable bonds is 8. The average molecular weight is 335 g/mol. The van der Waals surface area contributed by atoms with Gasteiger partial charge in [0.15, 0.2) is 0 Å². The van der Waals surface area contributed by atoms with Gasteiger partial charge in [0, 0.05) is 23.6 Å². The Balaban J connectivity index is 2.26. The molecule has 2 rings (SSSR count). The molecule has 0 atom stereocenters. The molecule has 7 heteroatoms. The lowest BCUT2D eigenvalue weighted by Crippen LogP contribution is -2.23. The summed E-state index contributed by atoms with van der Waals surface area (Å²) >= 11 is 1.21. The third-order valence-corrected chi connectivity index (χ3v) is 4.60. The van der Waals surface area contributed by atoms with Crippen molar-refractivity contribution in [1.82, 2.24) is 9.88 Å². The number of aromatic amines is 1. The summed E-state index contributed by atoms with van der Waals surface area (Å²) < 4.78 is 0. The van der Waals surface area contributed by atoms with Crippen LogP contribution in [-0.2, 0) is 6.54 Å². The summed E-state index contributed by atoms with van der Waals surface area (Å²) in [4.78, 5) is 28.1. The van der Waals surface area contributed by atoms with E-state index in [4.69, 9.17) is 0 Å². The number of aromatic nitrogens is 1. The van der Waals surface area contributed by atoms with Crippen LogP contribution < -0.4 is 4.87 Å². The number of nitrogens with one attached hydrogen (secondary N) is 1. The molecular formula is C16H21N3O3S. The second-order valence-electron chi connectivity index (χ2n) is 5.34. The molecule has 1 N–H and O–H groups in total. The molecule has 0 aliphatic heterocycles. The highest BCUT2D eigenvalue weighted by Gasteiger charge is 2.14. The molecule has 1 aromatic carbocycles. The smallest absolute Gasteiger partial charge is 0.305 e. The van der Waals surface area contributed by atoms with Gasteiger partial charge in [-0.2, -0.15) is 0 Å². The van der Waals surface area contributed by atoms with Gasteiger partial charge in [-0.15, -0.1) is 0 Å². The standard InChI is InChI=1S/C16H21N3O3S/c1-3-5-10-18(4-2)11-14-15(17-16(20)23-14)12-6-8-13(9-7-12)19(21)22/h6-9H,3-5,10-11H2,1-2H3,(H,17,20). The van der Waals surface area contributed by atoms with E-state index in [1.807, 2.05) is 0 Å². The molecule has 0 spiro atoms. The summed E-state index contributed by atoms with van der Waals surface area (Å²) in [5.41, 5.74) is 1.62. The first kappa shape index (κ1) is 17.4. The second-order valence-corrected chi connectivity index (χ2v) is 6.41. The van der Waals surface area contributed by atoms with Crippen molar-refractivity contribution in [1.29, 1.82) is 0 Å². The summed E-state index contributed by atoms with van der Waals surface area (Å²) in [5, 5.41) is 10.7. The zero-order valence-corrected chi connectivity index (χ0v) is 14.2. The van der Waals surface area contributed by atoms with Gasteiger partial charge in [0.2, 0.25) is 0 Å². The summed E-state index contributed by atoms with van der Waals surface area (Å²) in [5.74, 6) is 0. The predicted octanol–water partition coefficient (Wildman–Crippen LogP) is 3.63. The van der Waals surface area contributed by atoms with E-state index in [1.165, 1.54) is 23.5 Å². The van der Waals surface area contributed by atoms with E-state index in [1.54, 1.807) is 12.1 Å². The molecule has 0 unspecified atom stereocenters. The topological polar surface area (TPSA) is 79.2 Å². The second kappa shape index (κ2) is 8.03. The van der Waals surface area contributed by atoms with Gasteiger partial charge in [-0.05, 0) is 37.2 Å². The maximum atomic E-state index is 11.8. The summed E-state index contributed by atoms with van der Waals surface area (Å²) in [6.45, 7) is 6.90. The van der Waals surface area contributed by atoms with Crippen LogP contribution in [0.2, 0.25) is 0 Å². The molecule has 0 radical (unpaired) electrons. The Kier molecular flexibility index (Phi) is 6.06. The molecule has 0 saturated carbocycles. The molecule has 0 saturated heterocycles. The summed E-state index contributed by atoms with van der Waals surface area (Å²) in [6, 6.07) is 6.29. The van der Waals surface area contributed by atoms with Gasteiger partial charge in [-0.1, -0.05) is 31.6 Å². The fourth-order valence-corrected chi connectivity index (χ4v) is 3.28. The van der Waals surface area contributed by atoms with Crippen LogP contribution in [0.15, 0.2) is 29.1 Å². The molecule has 124 valence electrons. The van der Waals surface area contributed by atoms with Gasteiger partial charge in [-0.25, -0.2) is 0 Å². The zero-order valence-electron chi connectivity index (χ0n) is 13.4. The highest BCUT2D eigenvalue weighted by molar-refractivity contribution is 7.09. The summed E-state index contributed by atoms with van der Waals surface area (Å²) in [6.07, 6.45) is 2.26. The lowest BCUT2D eigenvalue weighted by atomic mass is 10.1. The van der Waals surface area contributed by atoms with Crippen LogP contribution in [0.4, 0.5) is 5.69 Å². The van der Waals surface area contributed by atoms with Gasteiger partial charge >= 0.3 is 4.87 Å². The van der Waals surface area contributed by atoms with Crippen molar-refractivity contribution in [3.8, 4) is 11.3 Å². The highest BCUT2D eigenvalue weighted by atomic mass is 32.1. The Morgan fingerprint density at radius 1 is 1.26 bits per heavy atom. The summed E-state index contributed by atoms with van der Waals surface area (Å²) in [7, 11) is 0. The Hall–Kier alpha value is -1.99. The van der Waals surface area contributed by atoms with E-state index in [-0.39, 0.29) is 10.6 Å². The average Bonchev–Trinajstić information content (AvgIpc) is 2.91. The number of hydrogen-bond donors (Lipinski definition) is 1. The van der Waals surface area contributed by atoms with Crippen molar-refractivity contribution in [3.63, 3.8) is 0 Å². The SMILES string of the molecule is CCCCN(CC)Cc1sc(=O)[nH]c1-c1ccc([N+](=O)[O-])cc1. The first-order valence-corrected chi connectivity index (χ1v) is 8.56. The molecular weight excluding hydrogens is 314 g/mol.